The normalized spacial score (nSPS) is 17.2. The lowest BCUT2D eigenvalue weighted by atomic mass is 10.1. The summed E-state index contributed by atoms with van der Waals surface area (Å²) in [6, 6.07) is 17.7. The Hall–Kier alpha value is -2.49. The van der Waals surface area contributed by atoms with Crippen molar-refractivity contribution >= 4 is 5.91 Å². The van der Waals surface area contributed by atoms with E-state index in [9.17, 15) is 4.79 Å². The number of carbonyl (C=O) groups is 1. The van der Waals surface area contributed by atoms with Gasteiger partial charge in [-0.05, 0) is 43.0 Å². The molecule has 0 aromatic heterocycles. The summed E-state index contributed by atoms with van der Waals surface area (Å²) in [6.07, 6.45) is 3.25. The van der Waals surface area contributed by atoms with Crippen LogP contribution >= 0.6 is 0 Å². The smallest absolute Gasteiger partial charge is 0.223 e. The van der Waals surface area contributed by atoms with Crippen molar-refractivity contribution in [2.45, 2.75) is 31.8 Å². The minimum Gasteiger partial charge on any atom is -0.496 e. The zero-order valence-electron chi connectivity index (χ0n) is 14.7. The highest BCUT2D eigenvalue weighted by Crippen LogP contribution is 2.21. The van der Waals surface area contributed by atoms with Crippen LogP contribution in [-0.2, 0) is 11.2 Å². The van der Waals surface area contributed by atoms with Gasteiger partial charge in [0, 0.05) is 13.0 Å². The first-order chi connectivity index (χ1) is 12.3. The van der Waals surface area contributed by atoms with Crippen LogP contribution in [-0.4, -0.2) is 37.1 Å². The Bertz CT molecular complexity index is 687. The molecule has 0 N–H and O–H groups in total. The Kier molecular flexibility index (Phi) is 5.94. The van der Waals surface area contributed by atoms with E-state index in [1.54, 1.807) is 7.11 Å². The van der Waals surface area contributed by atoms with Gasteiger partial charge in [0.2, 0.25) is 5.91 Å². The maximum atomic E-state index is 12.6. The molecule has 2 aromatic carbocycles. The predicted octanol–water partition coefficient (Wildman–Crippen LogP) is 3.70. The number of methoxy groups -OCH3 is 1. The average molecular weight is 339 g/mol. The summed E-state index contributed by atoms with van der Waals surface area (Å²) in [7, 11) is 1.66. The summed E-state index contributed by atoms with van der Waals surface area (Å²) in [4.78, 5) is 14.5. The minimum absolute atomic E-state index is 0.0753. The Morgan fingerprint density at radius 1 is 1.12 bits per heavy atom. The van der Waals surface area contributed by atoms with Gasteiger partial charge in [0.25, 0.3) is 0 Å². The topological polar surface area (TPSA) is 38.8 Å². The Morgan fingerprint density at radius 3 is 2.68 bits per heavy atom. The van der Waals surface area contributed by atoms with E-state index in [-0.39, 0.29) is 12.0 Å². The number of ether oxygens (including phenoxy) is 2. The highest BCUT2D eigenvalue weighted by atomic mass is 16.5. The molecular weight excluding hydrogens is 314 g/mol. The van der Waals surface area contributed by atoms with Gasteiger partial charge in [-0.2, -0.15) is 0 Å². The average Bonchev–Trinajstić information content (AvgIpc) is 2.67. The maximum Gasteiger partial charge on any atom is 0.223 e. The van der Waals surface area contributed by atoms with Crippen LogP contribution in [0.5, 0.6) is 11.5 Å². The van der Waals surface area contributed by atoms with Gasteiger partial charge < -0.3 is 14.4 Å². The van der Waals surface area contributed by atoms with E-state index in [0.29, 0.717) is 19.4 Å². The summed E-state index contributed by atoms with van der Waals surface area (Å²) in [5.74, 6) is 1.90. The summed E-state index contributed by atoms with van der Waals surface area (Å²) in [6.45, 7) is 1.49. The first kappa shape index (κ1) is 17.3. The molecule has 1 amide bonds. The second-order valence-corrected chi connectivity index (χ2v) is 6.35. The third-order valence-corrected chi connectivity index (χ3v) is 4.58. The zero-order chi connectivity index (χ0) is 17.5. The van der Waals surface area contributed by atoms with Crippen molar-refractivity contribution in [1.82, 2.24) is 4.90 Å². The van der Waals surface area contributed by atoms with Crippen molar-refractivity contribution in [3.05, 3.63) is 60.2 Å². The summed E-state index contributed by atoms with van der Waals surface area (Å²) in [5, 5.41) is 0. The van der Waals surface area contributed by atoms with Gasteiger partial charge in [-0.3, -0.25) is 4.79 Å². The highest BCUT2D eigenvalue weighted by Gasteiger charge is 2.24. The third kappa shape index (κ3) is 4.75. The minimum atomic E-state index is 0.0753. The molecule has 1 aliphatic rings. The van der Waals surface area contributed by atoms with Gasteiger partial charge in [-0.15, -0.1) is 0 Å². The number of likely N-dealkylation sites (tertiary alicyclic amines) is 1. The number of para-hydroxylation sites is 2. The number of piperidine rings is 1. The molecule has 0 aliphatic carbocycles. The van der Waals surface area contributed by atoms with Gasteiger partial charge in [0.05, 0.1) is 13.7 Å². The number of rotatable bonds is 6. The molecule has 1 fully saturated rings. The van der Waals surface area contributed by atoms with E-state index < -0.39 is 0 Å². The Balaban J connectivity index is 1.53. The van der Waals surface area contributed by atoms with Crippen molar-refractivity contribution in [2.24, 2.45) is 0 Å². The fraction of sp³-hybridized carbons (Fsp3) is 0.381. The quantitative estimate of drug-likeness (QED) is 0.805. The van der Waals surface area contributed by atoms with Gasteiger partial charge in [0.15, 0.2) is 0 Å². The molecule has 0 bridgehead atoms. The highest BCUT2D eigenvalue weighted by molar-refractivity contribution is 5.76. The summed E-state index contributed by atoms with van der Waals surface area (Å²) in [5.41, 5.74) is 1.08. The standard InChI is InChI=1S/C21H25NO3/c1-24-20-12-6-5-8-17(20)13-14-21(23)22-15-7-11-19(16-22)25-18-9-3-2-4-10-18/h2-6,8-10,12,19H,7,11,13-16H2,1H3. The third-order valence-electron chi connectivity index (χ3n) is 4.58. The maximum absolute atomic E-state index is 12.6. The van der Waals surface area contributed by atoms with Gasteiger partial charge >= 0.3 is 0 Å². The zero-order valence-corrected chi connectivity index (χ0v) is 14.7. The molecule has 25 heavy (non-hydrogen) atoms. The number of hydrogen-bond donors (Lipinski definition) is 0. The number of aryl methyl sites for hydroxylation is 1. The fourth-order valence-corrected chi connectivity index (χ4v) is 3.26. The molecule has 1 heterocycles. The SMILES string of the molecule is COc1ccccc1CCC(=O)N1CCCC(Oc2ccccc2)C1. The van der Waals surface area contributed by atoms with Crippen molar-refractivity contribution in [1.29, 1.82) is 0 Å². The van der Waals surface area contributed by atoms with E-state index in [1.165, 1.54) is 0 Å². The van der Waals surface area contributed by atoms with Crippen LogP contribution in [0.15, 0.2) is 54.6 Å². The van der Waals surface area contributed by atoms with Crippen molar-refractivity contribution in [3.8, 4) is 11.5 Å². The molecule has 0 radical (unpaired) electrons. The van der Waals surface area contributed by atoms with E-state index in [1.807, 2.05) is 59.5 Å². The lowest BCUT2D eigenvalue weighted by Gasteiger charge is -2.33. The Morgan fingerprint density at radius 2 is 1.88 bits per heavy atom. The lowest BCUT2D eigenvalue weighted by molar-refractivity contribution is -0.133. The second kappa shape index (κ2) is 8.56. The largest absolute Gasteiger partial charge is 0.496 e. The number of benzene rings is 2. The second-order valence-electron chi connectivity index (χ2n) is 6.35. The van der Waals surface area contributed by atoms with Crippen LogP contribution in [0.1, 0.15) is 24.8 Å². The van der Waals surface area contributed by atoms with Crippen LogP contribution < -0.4 is 9.47 Å². The molecule has 3 rings (SSSR count). The van der Waals surface area contributed by atoms with Gasteiger partial charge in [-0.25, -0.2) is 0 Å². The molecule has 1 unspecified atom stereocenters. The predicted molar refractivity (Wildman–Crippen MR) is 98.0 cm³/mol. The van der Waals surface area contributed by atoms with Crippen LogP contribution in [0.2, 0.25) is 0 Å². The molecule has 132 valence electrons. The van der Waals surface area contributed by atoms with E-state index >= 15 is 0 Å². The summed E-state index contributed by atoms with van der Waals surface area (Å²) < 4.78 is 11.4. The molecule has 0 spiro atoms. The van der Waals surface area contributed by atoms with E-state index in [2.05, 4.69) is 0 Å². The monoisotopic (exact) mass is 339 g/mol. The van der Waals surface area contributed by atoms with Crippen molar-refractivity contribution in [2.75, 3.05) is 20.2 Å². The first-order valence-corrected chi connectivity index (χ1v) is 8.87. The van der Waals surface area contributed by atoms with Crippen LogP contribution in [0, 0.1) is 0 Å². The molecular formula is C21H25NO3. The molecule has 2 aromatic rings. The molecule has 1 atom stereocenters. The molecule has 4 nitrogen and oxygen atoms in total. The van der Waals surface area contributed by atoms with Gasteiger partial charge in [-0.1, -0.05) is 36.4 Å². The molecule has 1 saturated heterocycles. The molecule has 1 aliphatic heterocycles. The van der Waals surface area contributed by atoms with Crippen LogP contribution in [0.3, 0.4) is 0 Å². The van der Waals surface area contributed by atoms with Crippen molar-refractivity contribution < 1.29 is 14.3 Å². The number of hydrogen-bond acceptors (Lipinski definition) is 3. The van der Waals surface area contributed by atoms with Crippen LogP contribution in [0.25, 0.3) is 0 Å². The Labute approximate surface area is 149 Å². The van der Waals surface area contributed by atoms with Crippen molar-refractivity contribution in [3.63, 3.8) is 0 Å². The number of nitrogens with zero attached hydrogens (tertiary/aromatic N) is 1. The summed E-state index contributed by atoms with van der Waals surface area (Å²) >= 11 is 0. The fourth-order valence-electron chi connectivity index (χ4n) is 3.26. The molecule has 4 heteroatoms. The first-order valence-electron chi connectivity index (χ1n) is 8.87. The van der Waals surface area contributed by atoms with E-state index in [0.717, 1.165) is 36.4 Å². The van der Waals surface area contributed by atoms with Crippen LogP contribution in [0.4, 0.5) is 0 Å². The van der Waals surface area contributed by atoms with Gasteiger partial charge in [0.1, 0.15) is 17.6 Å². The lowest BCUT2D eigenvalue weighted by Crippen LogP contribution is -2.44. The molecule has 0 saturated carbocycles. The number of carbonyl (C=O) groups excluding carboxylic acids is 1. The number of amides is 1. The van der Waals surface area contributed by atoms with E-state index in [4.69, 9.17) is 9.47 Å².